The molecule has 2 atom stereocenters. The van der Waals surface area contributed by atoms with Gasteiger partial charge in [-0.2, -0.15) is 0 Å². The lowest BCUT2D eigenvalue weighted by atomic mass is 10.1. The molecular weight excluding hydrogens is 337 g/mol. The largest absolute Gasteiger partial charge is 0.456 e. The predicted molar refractivity (Wildman–Crippen MR) is 93.4 cm³/mol. The first kappa shape index (κ1) is 17.9. The van der Waals surface area contributed by atoms with Gasteiger partial charge in [0.15, 0.2) is 6.17 Å². The summed E-state index contributed by atoms with van der Waals surface area (Å²) in [5.41, 5.74) is 1.24. The molecule has 6 heteroatoms. The first-order valence-corrected chi connectivity index (χ1v) is 8.49. The maximum Gasteiger partial charge on any atom is 0.410 e. The second-order valence-electron chi connectivity index (χ2n) is 6.10. The van der Waals surface area contributed by atoms with Gasteiger partial charge >= 0.3 is 12.1 Å². The van der Waals surface area contributed by atoms with E-state index in [0.717, 1.165) is 5.56 Å². The summed E-state index contributed by atoms with van der Waals surface area (Å²) in [6, 6.07) is 17.7. The zero-order chi connectivity index (χ0) is 18.4. The molecule has 1 saturated heterocycles. The van der Waals surface area contributed by atoms with Crippen LogP contribution in [0.1, 0.15) is 22.3 Å². The molecule has 0 N–H and O–H groups in total. The minimum atomic E-state index is -1.44. The van der Waals surface area contributed by atoms with Crippen molar-refractivity contribution in [3.8, 4) is 0 Å². The molecule has 1 aliphatic heterocycles. The molecule has 0 bridgehead atoms. The normalized spacial score (nSPS) is 19.7. The Morgan fingerprint density at radius 3 is 2.35 bits per heavy atom. The highest BCUT2D eigenvalue weighted by Gasteiger charge is 2.34. The quantitative estimate of drug-likeness (QED) is 0.785. The van der Waals surface area contributed by atoms with E-state index in [0.29, 0.717) is 5.56 Å². The number of nitrogens with zero attached hydrogens (tertiary/aromatic N) is 1. The van der Waals surface area contributed by atoms with Crippen molar-refractivity contribution in [3.63, 3.8) is 0 Å². The van der Waals surface area contributed by atoms with Crippen LogP contribution < -0.4 is 0 Å². The number of carbonyl (C=O) groups is 2. The van der Waals surface area contributed by atoms with Crippen molar-refractivity contribution in [1.82, 2.24) is 4.90 Å². The lowest BCUT2D eigenvalue weighted by Crippen LogP contribution is -2.48. The average molecular weight is 357 g/mol. The monoisotopic (exact) mass is 357 g/mol. The molecule has 1 aliphatic rings. The van der Waals surface area contributed by atoms with E-state index in [1.54, 1.807) is 30.3 Å². The third kappa shape index (κ3) is 4.59. The van der Waals surface area contributed by atoms with Crippen molar-refractivity contribution in [1.29, 1.82) is 0 Å². The van der Waals surface area contributed by atoms with Crippen LogP contribution >= 0.6 is 0 Å². The van der Waals surface area contributed by atoms with Gasteiger partial charge < -0.3 is 14.4 Å². The van der Waals surface area contributed by atoms with Crippen molar-refractivity contribution in [3.05, 3.63) is 71.8 Å². The Bertz CT molecular complexity index is 738. The molecular formula is C20H20FNO4. The highest BCUT2D eigenvalue weighted by atomic mass is 19.1. The molecule has 0 radical (unpaired) electrons. The van der Waals surface area contributed by atoms with E-state index >= 15 is 0 Å². The maximum atomic E-state index is 14.4. The number of ether oxygens (including phenoxy) is 2. The third-order valence-corrected chi connectivity index (χ3v) is 4.21. The summed E-state index contributed by atoms with van der Waals surface area (Å²) < 4.78 is 24.8. The Morgan fingerprint density at radius 2 is 1.69 bits per heavy atom. The molecule has 3 rings (SSSR count). The molecule has 0 spiro atoms. The number of carbonyl (C=O) groups excluding carboxylic acids is 2. The standard InChI is InChI=1S/C20H20FNO4/c21-17-13-22(20(24)25-14-15-7-3-1-4-8-15)12-11-18(17)26-19(23)16-9-5-2-6-10-16/h1-10,17-18H,11-14H2/t17-,18-/m0/s1. The summed E-state index contributed by atoms with van der Waals surface area (Å²) in [6.45, 7) is 0.265. The Morgan fingerprint density at radius 1 is 1.04 bits per heavy atom. The number of amides is 1. The van der Waals surface area contributed by atoms with Crippen LogP contribution in [-0.2, 0) is 16.1 Å². The molecule has 0 saturated carbocycles. The number of hydrogen-bond donors (Lipinski definition) is 0. The smallest absolute Gasteiger partial charge is 0.410 e. The molecule has 2 aromatic rings. The van der Waals surface area contributed by atoms with Gasteiger partial charge in [-0.25, -0.2) is 14.0 Å². The molecule has 26 heavy (non-hydrogen) atoms. The fourth-order valence-electron chi connectivity index (χ4n) is 2.77. The van der Waals surface area contributed by atoms with Crippen LogP contribution in [0.5, 0.6) is 0 Å². The van der Waals surface area contributed by atoms with Crippen molar-refractivity contribution in [2.45, 2.75) is 25.3 Å². The van der Waals surface area contributed by atoms with Crippen LogP contribution in [-0.4, -0.2) is 42.3 Å². The lowest BCUT2D eigenvalue weighted by Gasteiger charge is -2.33. The van der Waals surface area contributed by atoms with E-state index in [9.17, 15) is 14.0 Å². The van der Waals surface area contributed by atoms with E-state index in [1.165, 1.54) is 4.90 Å². The van der Waals surface area contributed by atoms with Gasteiger partial charge in [-0.3, -0.25) is 0 Å². The average Bonchev–Trinajstić information content (AvgIpc) is 2.69. The van der Waals surface area contributed by atoms with Gasteiger partial charge in [0.25, 0.3) is 0 Å². The Kier molecular flexibility index (Phi) is 5.84. The molecule has 1 fully saturated rings. The topological polar surface area (TPSA) is 55.8 Å². The number of hydrogen-bond acceptors (Lipinski definition) is 4. The van der Waals surface area contributed by atoms with Crippen molar-refractivity contribution >= 4 is 12.1 Å². The Hall–Kier alpha value is -2.89. The van der Waals surface area contributed by atoms with Crippen molar-refractivity contribution in [2.24, 2.45) is 0 Å². The van der Waals surface area contributed by atoms with Gasteiger partial charge in [0.05, 0.1) is 12.1 Å². The molecule has 1 heterocycles. The lowest BCUT2D eigenvalue weighted by molar-refractivity contribution is -0.0252. The number of esters is 1. The summed E-state index contributed by atoms with van der Waals surface area (Å²) in [5, 5.41) is 0. The molecule has 0 aliphatic carbocycles. The van der Waals surface area contributed by atoms with Crippen LogP contribution in [0.2, 0.25) is 0 Å². The first-order chi connectivity index (χ1) is 12.6. The van der Waals surface area contributed by atoms with Crippen LogP contribution in [0.15, 0.2) is 60.7 Å². The van der Waals surface area contributed by atoms with Gasteiger partial charge in [-0.15, -0.1) is 0 Å². The van der Waals surface area contributed by atoms with E-state index in [4.69, 9.17) is 9.47 Å². The summed E-state index contributed by atoms with van der Waals surface area (Å²) in [4.78, 5) is 25.4. The summed E-state index contributed by atoms with van der Waals surface area (Å²) >= 11 is 0. The first-order valence-electron chi connectivity index (χ1n) is 8.49. The van der Waals surface area contributed by atoms with E-state index in [2.05, 4.69) is 0 Å². The zero-order valence-electron chi connectivity index (χ0n) is 14.2. The predicted octanol–water partition coefficient (Wildman–Crippen LogP) is 3.59. The second-order valence-corrected chi connectivity index (χ2v) is 6.10. The number of rotatable bonds is 4. The molecule has 0 aromatic heterocycles. The van der Waals surface area contributed by atoms with Crippen molar-refractivity contribution < 1.29 is 23.5 Å². The van der Waals surface area contributed by atoms with Crippen LogP contribution in [0, 0.1) is 0 Å². The molecule has 1 amide bonds. The highest BCUT2D eigenvalue weighted by Crippen LogP contribution is 2.20. The fraction of sp³-hybridized carbons (Fsp3) is 0.300. The van der Waals surface area contributed by atoms with Gasteiger partial charge in [-0.05, 0) is 17.7 Å². The summed E-state index contributed by atoms with van der Waals surface area (Å²) in [6.07, 6.45) is -2.63. The third-order valence-electron chi connectivity index (χ3n) is 4.21. The SMILES string of the molecule is O=C(O[C@H]1CCN(C(=O)OCc2ccccc2)C[C@@H]1F)c1ccccc1. The Labute approximate surface area is 151 Å². The van der Waals surface area contributed by atoms with Crippen LogP contribution in [0.25, 0.3) is 0 Å². The van der Waals surface area contributed by atoms with E-state index < -0.39 is 24.3 Å². The number of benzene rings is 2. The minimum Gasteiger partial charge on any atom is -0.456 e. The number of alkyl halides is 1. The van der Waals surface area contributed by atoms with Crippen molar-refractivity contribution in [2.75, 3.05) is 13.1 Å². The van der Waals surface area contributed by atoms with Crippen LogP contribution in [0.4, 0.5) is 9.18 Å². The fourth-order valence-corrected chi connectivity index (χ4v) is 2.77. The second kappa shape index (κ2) is 8.47. The van der Waals surface area contributed by atoms with E-state index in [-0.39, 0.29) is 26.1 Å². The molecule has 0 unspecified atom stereocenters. The van der Waals surface area contributed by atoms with Gasteiger partial charge in [0, 0.05) is 13.0 Å². The maximum absolute atomic E-state index is 14.4. The van der Waals surface area contributed by atoms with Gasteiger partial charge in [0.1, 0.15) is 12.7 Å². The van der Waals surface area contributed by atoms with Gasteiger partial charge in [0.2, 0.25) is 0 Å². The minimum absolute atomic E-state index is 0.138. The molecule has 136 valence electrons. The number of halogens is 1. The molecule has 2 aromatic carbocycles. The number of piperidine rings is 1. The molecule has 5 nitrogen and oxygen atoms in total. The zero-order valence-corrected chi connectivity index (χ0v) is 14.2. The summed E-state index contributed by atoms with van der Waals surface area (Å²) in [7, 11) is 0. The Balaban J connectivity index is 1.48. The number of likely N-dealkylation sites (tertiary alicyclic amines) is 1. The van der Waals surface area contributed by atoms with Crippen LogP contribution in [0.3, 0.4) is 0 Å². The van der Waals surface area contributed by atoms with Gasteiger partial charge in [-0.1, -0.05) is 48.5 Å². The van der Waals surface area contributed by atoms with E-state index in [1.807, 2.05) is 30.3 Å². The summed E-state index contributed by atoms with van der Waals surface area (Å²) in [5.74, 6) is -0.557. The highest BCUT2D eigenvalue weighted by molar-refractivity contribution is 5.89.